The van der Waals surface area contributed by atoms with Gasteiger partial charge >= 0.3 is 13.6 Å². The van der Waals surface area contributed by atoms with Crippen molar-refractivity contribution in [1.82, 2.24) is 15.2 Å². The maximum atomic E-state index is 13.2. The molecule has 0 spiro atoms. The number of aliphatic carboxylic acids is 1. The molecule has 19 heteroatoms. The number of carboxylic acids is 1. The average molecular weight is 555 g/mol. The molecule has 0 bridgehead atoms. The van der Waals surface area contributed by atoms with E-state index in [9.17, 15) is 39.4 Å². The fourth-order valence-corrected chi connectivity index (χ4v) is 5.19. The highest BCUT2D eigenvalue weighted by atomic mass is 31.2. The molecule has 212 valence electrons. The Morgan fingerprint density at radius 1 is 1.16 bits per heavy atom. The van der Waals surface area contributed by atoms with Gasteiger partial charge in [0.1, 0.15) is 35.5 Å². The minimum Gasteiger partial charge on any atom is -0.479 e. The molecule has 0 aromatic carbocycles. The van der Waals surface area contributed by atoms with E-state index in [1.54, 1.807) is 0 Å². The van der Waals surface area contributed by atoms with Crippen LogP contribution < -0.4 is 22.6 Å². The Morgan fingerprint density at radius 2 is 1.70 bits per heavy atom. The first-order valence-corrected chi connectivity index (χ1v) is 12.4. The molecule has 5 unspecified atom stereocenters. The van der Waals surface area contributed by atoms with Crippen molar-refractivity contribution in [1.29, 1.82) is 5.41 Å². The van der Waals surface area contributed by atoms with Crippen molar-refractivity contribution >= 4 is 31.2 Å². The SMILES string of the molecule is CCOP(=O)(OCC)C(C(=O)O)N(C)C(=N)/C(N)=C(\NCC(N)=O)C(=O)N(N)C1OC(CO)C(O)C1O. The summed E-state index contributed by atoms with van der Waals surface area (Å²) in [5, 5.41) is 50.0. The molecule has 0 aliphatic carbocycles. The number of carbonyl (C=O) groups is 3. The number of rotatable bonds is 14. The van der Waals surface area contributed by atoms with Crippen LogP contribution in [-0.2, 0) is 32.7 Å². The van der Waals surface area contributed by atoms with Gasteiger partial charge in [0, 0.05) is 7.05 Å². The van der Waals surface area contributed by atoms with Crippen LogP contribution in [0, 0.1) is 5.41 Å². The van der Waals surface area contributed by atoms with Crippen molar-refractivity contribution in [3.05, 3.63) is 11.4 Å². The van der Waals surface area contributed by atoms with Crippen LogP contribution in [-0.4, -0.2) is 118 Å². The summed E-state index contributed by atoms with van der Waals surface area (Å²) in [5.41, 5.74) is 9.55. The molecule has 2 amide bonds. The lowest BCUT2D eigenvalue weighted by molar-refractivity contribution is -0.150. The molecule has 0 radical (unpaired) electrons. The summed E-state index contributed by atoms with van der Waals surface area (Å²) >= 11 is 0. The molecule has 1 aliphatic heterocycles. The third kappa shape index (κ3) is 7.36. The topological polar surface area (TPSA) is 297 Å². The number of amidine groups is 1. The third-order valence-corrected chi connectivity index (χ3v) is 7.46. The van der Waals surface area contributed by atoms with E-state index in [4.69, 9.17) is 36.5 Å². The van der Waals surface area contributed by atoms with E-state index in [-0.39, 0.29) is 18.2 Å². The predicted octanol–water partition coefficient (Wildman–Crippen LogP) is -4.04. The van der Waals surface area contributed by atoms with Crippen molar-refractivity contribution in [3.8, 4) is 0 Å². The van der Waals surface area contributed by atoms with E-state index in [2.05, 4.69) is 5.32 Å². The van der Waals surface area contributed by atoms with Crippen LogP contribution in [0.15, 0.2) is 11.4 Å². The van der Waals surface area contributed by atoms with Gasteiger partial charge in [-0.15, -0.1) is 0 Å². The monoisotopic (exact) mass is 555 g/mol. The van der Waals surface area contributed by atoms with Gasteiger partial charge in [-0.05, 0) is 13.8 Å². The largest absolute Gasteiger partial charge is 0.479 e. The average Bonchev–Trinajstić information content (AvgIpc) is 3.11. The Bertz CT molecular complexity index is 939. The van der Waals surface area contributed by atoms with Crippen molar-refractivity contribution in [2.24, 2.45) is 17.3 Å². The van der Waals surface area contributed by atoms with Gasteiger partial charge in [0.05, 0.1) is 26.4 Å². The lowest BCUT2D eigenvalue weighted by Gasteiger charge is -2.32. The van der Waals surface area contributed by atoms with Crippen LogP contribution in [0.4, 0.5) is 0 Å². The number of aliphatic hydroxyl groups excluding tert-OH is 3. The number of nitrogens with one attached hydrogen (secondary N) is 2. The second kappa shape index (κ2) is 13.6. The molecule has 1 fully saturated rings. The summed E-state index contributed by atoms with van der Waals surface area (Å²) in [7, 11) is -3.36. The number of nitrogens with two attached hydrogens (primary N) is 3. The molecular weight excluding hydrogens is 521 g/mol. The van der Waals surface area contributed by atoms with Crippen LogP contribution in [0.5, 0.6) is 0 Å². The van der Waals surface area contributed by atoms with Gasteiger partial charge < -0.3 is 55.9 Å². The van der Waals surface area contributed by atoms with E-state index < -0.39 is 86.1 Å². The van der Waals surface area contributed by atoms with Gasteiger partial charge in [-0.25, -0.2) is 15.6 Å². The van der Waals surface area contributed by atoms with Crippen LogP contribution >= 0.6 is 7.60 Å². The van der Waals surface area contributed by atoms with Crippen molar-refractivity contribution in [2.45, 2.75) is 44.2 Å². The minimum absolute atomic E-state index is 0.190. The molecule has 18 nitrogen and oxygen atoms in total. The van der Waals surface area contributed by atoms with Gasteiger partial charge in [-0.2, -0.15) is 0 Å². The Hall–Kier alpha value is -2.83. The molecule has 0 aromatic rings. The molecule has 0 saturated carbocycles. The molecule has 37 heavy (non-hydrogen) atoms. The number of hydrazine groups is 1. The van der Waals surface area contributed by atoms with Gasteiger partial charge in [-0.1, -0.05) is 0 Å². The van der Waals surface area contributed by atoms with Gasteiger partial charge in [0.15, 0.2) is 6.23 Å². The van der Waals surface area contributed by atoms with Gasteiger partial charge in [-0.3, -0.25) is 19.6 Å². The van der Waals surface area contributed by atoms with E-state index in [0.29, 0.717) is 4.90 Å². The maximum absolute atomic E-state index is 13.2. The second-order valence-corrected chi connectivity index (χ2v) is 9.68. The number of primary amides is 1. The lowest BCUT2D eigenvalue weighted by atomic mass is 10.1. The standard InChI is InChI=1S/C18H34N7O11P/c1-4-34-37(33,35-5-2)17(18(31)32)24(3)14(21)10(20)11(23-6-9(19)27)15(30)25(22)16-13(29)12(28)8(7-26)36-16/h8,12-13,16-17,21,23,26,28-29H,4-7,20,22H2,1-3H3,(H2,19,27)(H,31,32)/b11-10+,21-14?. The Morgan fingerprint density at radius 3 is 2.11 bits per heavy atom. The number of ether oxygens (including phenoxy) is 1. The minimum atomic E-state index is -4.39. The summed E-state index contributed by atoms with van der Waals surface area (Å²) in [4.78, 5) is 37.1. The zero-order chi connectivity index (χ0) is 28.7. The molecular formula is C18H34N7O11P. The number of amides is 2. The summed E-state index contributed by atoms with van der Waals surface area (Å²) in [6, 6.07) is 0. The highest BCUT2D eigenvalue weighted by molar-refractivity contribution is 7.55. The summed E-state index contributed by atoms with van der Waals surface area (Å²) in [6.07, 6.45) is -6.34. The Labute approximate surface area is 211 Å². The number of hydrogen-bond acceptors (Lipinski definition) is 14. The van der Waals surface area contributed by atoms with Crippen molar-refractivity contribution in [3.63, 3.8) is 0 Å². The fraction of sp³-hybridized carbons (Fsp3) is 0.667. The number of carboxylic acid groups (broad SMARTS) is 1. The molecule has 1 aliphatic rings. The molecule has 5 atom stereocenters. The third-order valence-electron chi connectivity index (χ3n) is 5.06. The van der Waals surface area contributed by atoms with Crippen molar-refractivity contribution in [2.75, 3.05) is 33.4 Å². The van der Waals surface area contributed by atoms with E-state index >= 15 is 0 Å². The number of aliphatic hydroxyl groups is 3. The van der Waals surface area contributed by atoms with Gasteiger partial charge in [0.25, 0.3) is 5.91 Å². The second-order valence-electron chi connectivity index (χ2n) is 7.60. The normalized spacial score (nSPS) is 23.1. The Balaban J connectivity index is 3.47. The predicted molar refractivity (Wildman–Crippen MR) is 125 cm³/mol. The van der Waals surface area contributed by atoms with Crippen molar-refractivity contribution < 1.29 is 53.2 Å². The van der Waals surface area contributed by atoms with Gasteiger partial charge in [0.2, 0.25) is 11.7 Å². The van der Waals surface area contributed by atoms with Crippen LogP contribution in [0.2, 0.25) is 0 Å². The van der Waals surface area contributed by atoms with Crippen LogP contribution in [0.1, 0.15) is 13.8 Å². The molecule has 0 aromatic heterocycles. The first-order valence-electron chi connectivity index (χ1n) is 10.8. The number of nitrogens with zero attached hydrogens (tertiary/aromatic N) is 2. The fourth-order valence-electron chi connectivity index (χ4n) is 3.30. The molecule has 12 N–H and O–H groups in total. The zero-order valence-electron chi connectivity index (χ0n) is 20.4. The zero-order valence-corrected chi connectivity index (χ0v) is 21.3. The quantitative estimate of drug-likeness (QED) is 0.0187. The molecule has 1 saturated heterocycles. The smallest absolute Gasteiger partial charge is 0.364 e. The number of carbonyl (C=O) groups excluding carboxylic acids is 2. The molecule has 1 heterocycles. The van der Waals surface area contributed by atoms with E-state index in [1.165, 1.54) is 13.8 Å². The van der Waals surface area contributed by atoms with E-state index in [1.807, 2.05) is 0 Å². The highest BCUT2D eigenvalue weighted by Crippen LogP contribution is 2.54. The Kier molecular flexibility index (Phi) is 11.9. The number of hydrogen-bond donors (Lipinski definition) is 9. The summed E-state index contributed by atoms with van der Waals surface area (Å²) in [5.74, 6) is -1.12. The first kappa shape index (κ1) is 32.2. The van der Waals surface area contributed by atoms with E-state index in [0.717, 1.165) is 7.05 Å². The van der Waals surface area contributed by atoms with Crippen LogP contribution in [0.3, 0.4) is 0 Å². The van der Waals surface area contributed by atoms with Crippen LogP contribution in [0.25, 0.3) is 0 Å². The first-order chi connectivity index (χ1) is 17.2. The lowest BCUT2D eigenvalue weighted by Crippen LogP contribution is -2.54. The molecule has 1 rings (SSSR count). The maximum Gasteiger partial charge on any atom is 0.364 e. The highest BCUT2D eigenvalue weighted by Gasteiger charge is 2.48. The number of likely N-dealkylation sites (N-methyl/N-ethyl adjacent to an activating group) is 1. The summed E-state index contributed by atoms with van der Waals surface area (Å²) in [6.45, 7) is 1.10. The summed E-state index contributed by atoms with van der Waals surface area (Å²) < 4.78 is 28.5.